The quantitative estimate of drug-likeness (QED) is 0.429. The Kier molecular flexibility index (Phi) is 5.15. The van der Waals surface area contributed by atoms with E-state index in [-0.39, 0.29) is 10.8 Å². The molecule has 10 heteroatoms. The third kappa shape index (κ3) is 3.37. The number of fused-ring (bicyclic) bond motifs is 3. The zero-order valence-electron chi connectivity index (χ0n) is 18.6. The highest BCUT2D eigenvalue weighted by atomic mass is 35.5. The number of aryl methyl sites for hydroxylation is 2. The fraction of sp³-hybridized carbons (Fsp3) is 0.217. The van der Waals surface area contributed by atoms with E-state index in [0.29, 0.717) is 17.8 Å². The van der Waals surface area contributed by atoms with Crippen molar-refractivity contribution in [1.29, 1.82) is 0 Å². The molecule has 0 atom stereocenters. The molecule has 4 heterocycles. The molecule has 33 heavy (non-hydrogen) atoms. The maximum Gasteiger partial charge on any atom is 0.333 e. The van der Waals surface area contributed by atoms with E-state index >= 15 is 0 Å². The molecule has 4 aromatic heterocycles. The van der Waals surface area contributed by atoms with Gasteiger partial charge in [-0.05, 0) is 23.8 Å². The first-order valence-corrected chi connectivity index (χ1v) is 10.7. The summed E-state index contributed by atoms with van der Waals surface area (Å²) in [5.41, 5.74) is 6.10. The molecule has 5 aromatic rings. The van der Waals surface area contributed by atoms with E-state index in [1.54, 1.807) is 47.4 Å². The normalized spacial score (nSPS) is 11.5. The van der Waals surface area contributed by atoms with Crippen LogP contribution in [0.15, 0.2) is 47.7 Å². The highest BCUT2D eigenvalue weighted by Crippen LogP contribution is 2.32. The summed E-state index contributed by atoms with van der Waals surface area (Å²) in [6.45, 7) is 0.418. The second-order valence-corrected chi connectivity index (χ2v) is 8.14. The van der Waals surface area contributed by atoms with Crippen LogP contribution in [0.3, 0.4) is 0 Å². The van der Waals surface area contributed by atoms with E-state index in [9.17, 15) is 4.79 Å². The summed E-state index contributed by atoms with van der Waals surface area (Å²) in [5.74, 6) is 0. The number of aromatic nitrogens is 6. The van der Waals surface area contributed by atoms with Gasteiger partial charge in [0.25, 0.3) is 0 Å². The lowest BCUT2D eigenvalue weighted by atomic mass is 10.0. The molecule has 0 aliphatic heterocycles. The Bertz CT molecular complexity index is 1580. The van der Waals surface area contributed by atoms with Crippen molar-refractivity contribution in [3.05, 3.63) is 64.2 Å². The minimum absolute atomic E-state index is 0.220. The minimum Gasteiger partial charge on any atom is -0.387 e. The Hall–Kier alpha value is -3.69. The van der Waals surface area contributed by atoms with E-state index in [1.807, 2.05) is 37.5 Å². The molecule has 0 spiro atoms. The molecule has 168 valence electrons. The van der Waals surface area contributed by atoms with Crippen LogP contribution < -0.4 is 11.0 Å². The third-order valence-electron chi connectivity index (χ3n) is 5.74. The molecule has 0 aliphatic carbocycles. The SMILES string of the molecule is CNc1cc(-c2ccc3ncc4c(c3c2)n(-c2cn(C)nc2Cl)c(=O)n4C)cnc1COC. The molecule has 5 rings (SSSR count). The fourth-order valence-electron chi connectivity index (χ4n) is 4.12. The summed E-state index contributed by atoms with van der Waals surface area (Å²) in [7, 11) is 6.99. The number of halogens is 1. The number of anilines is 1. The molecule has 0 bridgehead atoms. The maximum atomic E-state index is 13.2. The number of nitrogens with one attached hydrogen (secondary N) is 1. The topological polar surface area (TPSA) is 91.8 Å². The van der Waals surface area contributed by atoms with Crippen molar-refractivity contribution in [2.75, 3.05) is 19.5 Å². The summed E-state index contributed by atoms with van der Waals surface area (Å²) in [6.07, 6.45) is 5.26. The van der Waals surface area contributed by atoms with Crippen LogP contribution in [0.5, 0.6) is 0 Å². The monoisotopic (exact) mass is 463 g/mol. The van der Waals surface area contributed by atoms with Crippen LogP contribution in [0, 0.1) is 0 Å². The van der Waals surface area contributed by atoms with E-state index in [4.69, 9.17) is 16.3 Å². The van der Waals surface area contributed by atoms with Gasteiger partial charge < -0.3 is 10.1 Å². The van der Waals surface area contributed by atoms with Crippen molar-refractivity contribution in [3.8, 4) is 16.8 Å². The Morgan fingerprint density at radius 1 is 1.12 bits per heavy atom. The van der Waals surface area contributed by atoms with Crippen molar-refractivity contribution < 1.29 is 4.74 Å². The van der Waals surface area contributed by atoms with Gasteiger partial charge in [-0.15, -0.1) is 0 Å². The van der Waals surface area contributed by atoms with E-state index in [2.05, 4.69) is 20.4 Å². The van der Waals surface area contributed by atoms with Crippen LogP contribution >= 0.6 is 11.6 Å². The Labute approximate surface area is 194 Å². The van der Waals surface area contributed by atoms with Crippen LogP contribution in [-0.2, 0) is 25.4 Å². The number of nitrogens with zero attached hydrogens (tertiary/aromatic N) is 6. The van der Waals surface area contributed by atoms with Crippen LogP contribution in [0.25, 0.3) is 38.8 Å². The van der Waals surface area contributed by atoms with Gasteiger partial charge >= 0.3 is 5.69 Å². The van der Waals surface area contributed by atoms with Crippen molar-refractivity contribution in [3.63, 3.8) is 0 Å². The van der Waals surface area contributed by atoms with E-state index in [0.717, 1.165) is 38.9 Å². The van der Waals surface area contributed by atoms with Crippen LogP contribution in [0.1, 0.15) is 5.69 Å². The van der Waals surface area contributed by atoms with Crippen LogP contribution in [0.2, 0.25) is 5.15 Å². The zero-order chi connectivity index (χ0) is 23.3. The average molecular weight is 464 g/mol. The Balaban J connectivity index is 1.79. The standard InChI is InChI=1S/C23H22ClN7O2/c1-25-17-8-14(9-26-18(17)12-33-4)13-5-6-16-15(7-13)21-19(10-27-16)30(3)23(32)31(21)20-11-29(2)28-22(20)24/h5-11,25H,12H2,1-4H3. The molecule has 1 N–H and O–H groups in total. The molecule has 0 saturated heterocycles. The largest absolute Gasteiger partial charge is 0.387 e. The van der Waals surface area contributed by atoms with E-state index in [1.165, 1.54) is 0 Å². The number of pyridine rings is 2. The summed E-state index contributed by atoms with van der Waals surface area (Å²) in [5, 5.41) is 8.47. The molecule has 1 aromatic carbocycles. The predicted octanol–water partition coefficient (Wildman–Crippen LogP) is 3.51. The summed E-state index contributed by atoms with van der Waals surface area (Å²) in [4.78, 5) is 22.3. The molecule has 0 radical (unpaired) electrons. The van der Waals surface area contributed by atoms with Gasteiger partial charge in [-0.3, -0.25) is 23.8 Å². The van der Waals surface area contributed by atoms with Gasteiger partial charge in [-0.2, -0.15) is 5.10 Å². The van der Waals surface area contributed by atoms with Crippen molar-refractivity contribution in [2.45, 2.75) is 6.61 Å². The number of benzene rings is 1. The lowest BCUT2D eigenvalue weighted by Crippen LogP contribution is -2.20. The second kappa shape index (κ2) is 8.02. The molecule has 9 nitrogen and oxygen atoms in total. The average Bonchev–Trinajstić information content (AvgIpc) is 3.28. The van der Waals surface area contributed by atoms with Crippen molar-refractivity contribution in [2.24, 2.45) is 14.1 Å². The molecular weight excluding hydrogens is 442 g/mol. The third-order valence-corrected chi connectivity index (χ3v) is 6.01. The van der Waals surface area contributed by atoms with Gasteiger partial charge in [0.2, 0.25) is 0 Å². The first-order chi connectivity index (χ1) is 15.9. The lowest BCUT2D eigenvalue weighted by Gasteiger charge is -2.11. The van der Waals surface area contributed by atoms with Gasteiger partial charge in [-0.25, -0.2) is 4.79 Å². The fourth-order valence-corrected chi connectivity index (χ4v) is 4.37. The van der Waals surface area contributed by atoms with E-state index < -0.39 is 0 Å². The first kappa shape index (κ1) is 21.2. The van der Waals surface area contributed by atoms with Gasteiger partial charge in [-0.1, -0.05) is 17.7 Å². The Morgan fingerprint density at radius 3 is 2.64 bits per heavy atom. The number of hydrogen-bond acceptors (Lipinski definition) is 6. The smallest absolute Gasteiger partial charge is 0.333 e. The van der Waals surface area contributed by atoms with Crippen molar-refractivity contribution >= 4 is 39.2 Å². The second-order valence-electron chi connectivity index (χ2n) is 7.78. The van der Waals surface area contributed by atoms with Gasteiger partial charge in [0.15, 0.2) is 5.15 Å². The van der Waals surface area contributed by atoms with Crippen molar-refractivity contribution in [1.82, 2.24) is 28.9 Å². The highest BCUT2D eigenvalue weighted by molar-refractivity contribution is 6.31. The predicted molar refractivity (Wildman–Crippen MR) is 129 cm³/mol. The summed E-state index contributed by atoms with van der Waals surface area (Å²) < 4.78 is 9.99. The van der Waals surface area contributed by atoms with Crippen LogP contribution in [-0.4, -0.2) is 43.0 Å². The number of rotatable bonds is 5. The van der Waals surface area contributed by atoms with Gasteiger partial charge in [0, 0.05) is 45.4 Å². The number of hydrogen-bond donors (Lipinski definition) is 1. The molecule has 0 aliphatic rings. The molecule has 0 amide bonds. The zero-order valence-corrected chi connectivity index (χ0v) is 19.4. The molecule has 0 fully saturated rings. The lowest BCUT2D eigenvalue weighted by molar-refractivity contribution is 0.182. The molecule has 0 unspecified atom stereocenters. The summed E-state index contributed by atoms with van der Waals surface area (Å²) in [6, 6.07) is 8.00. The van der Waals surface area contributed by atoms with Crippen LogP contribution in [0.4, 0.5) is 5.69 Å². The minimum atomic E-state index is -0.220. The summed E-state index contributed by atoms with van der Waals surface area (Å²) >= 11 is 6.37. The number of imidazole rings is 1. The number of ether oxygens (including phenoxy) is 1. The van der Waals surface area contributed by atoms with Gasteiger partial charge in [0.05, 0.1) is 46.9 Å². The van der Waals surface area contributed by atoms with Gasteiger partial charge in [0.1, 0.15) is 5.69 Å². The molecule has 0 saturated carbocycles. The maximum absolute atomic E-state index is 13.2. The number of methoxy groups -OCH3 is 1. The molecular formula is C23H22ClN7O2. The highest BCUT2D eigenvalue weighted by Gasteiger charge is 2.20. The Morgan fingerprint density at radius 2 is 1.94 bits per heavy atom. The first-order valence-electron chi connectivity index (χ1n) is 10.3.